The molecule has 1 atom stereocenters. The smallest absolute Gasteiger partial charge is 0.122 e. The standard InChI is InChI=1S/C13H17NO2/c1-14-10-4-2-3-9(7-10)12-6-5-11(15)8-13(12)16/h5-6,8-9,15-16H,2-4,7H2,1H3. The SMILES string of the molecule is CN=C1CCCC(c2ccc(O)cc2O)C1. The van der Waals surface area contributed by atoms with Crippen LogP contribution in [0.25, 0.3) is 0 Å². The number of aliphatic imine (C=N–C) groups is 1. The van der Waals surface area contributed by atoms with Crippen LogP contribution < -0.4 is 0 Å². The number of phenols is 2. The average Bonchev–Trinajstić information content (AvgIpc) is 2.29. The van der Waals surface area contributed by atoms with Crippen LogP contribution in [0.15, 0.2) is 23.2 Å². The number of aromatic hydroxyl groups is 2. The number of rotatable bonds is 1. The highest BCUT2D eigenvalue weighted by atomic mass is 16.3. The molecule has 2 rings (SSSR count). The third-order valence-electron chi connectivity index (χ3n) is 3.27. The van der Waals surface area contributed by atoms with E-state index in [1.165, 1.54) is 11.8 Å². The van der Waals surface area contributed by atoms with Gasteiger partial charge in [-0.05, 0) is 43.2 Å². The Labute approximate surface area is 95.5 Å². The summed E-state index contributed by atoms with van der Waals surface area (Å²) in [4.78, 5) is 4.26. The van der Waals surface area contributed by atoms with Crippen molar-refractivity contribution in [2.24, 2.45) is 4.99 Å². The molecule has 16 heavy (non-hydrogen) atoms. The molecule has 0 spiro atoms. The van der Waals surface area contributed by atoms with Gasteiger partial charge in [0.2, 0.25) is 0 Å². The van der Waals surface area contributed by atoms with Crippen LogP contribution in [0.1, 0.15) is 37.2 Å². The molecule has 1 aromatic rings. The fourth-order valence-corrected chi connectivity index (χ4v) is 2.39. The molecule has 3 nitrogen and oxygen atoms in total. The number of benzene rings is 1. The largest absolute Gasteiger partial charge is 0.508 e. The minimum Gasteiger partial charge on any atom is -0.508 e. The lowest BCUT2D eigenvalue weighted by Gasteiger charge is -2.24. The summed E-state index contributed by atoms with van der Waals surface area (Å²) in [6.45, 7) is 0. The Morgan fingerprint density at radius 1 is 1.31 bits per heavy atom. The lowest BCUT2D eigenvalue weighted by atomic mass is 9.82. The molecule has 0 aromatic heterocycles. The van der Waals surface area contributed by atoms with Crippen molar-refractivity contribution in [3.63, 3.8) is 0 Å². The van der Waals surface area contributed by atoms with Crippen LogP contribution in [0, 0.1) is 0 Å². The third kappa shape index (κ3) is 2.18. The minimum atomic E-state index is 0.112. The minimum absolute atomic E-state index is 0.112. The van der Waals surface area contributed by atoms with Crippen molar-refractivity contribution in [1.29, 1.82) is 0 Å². The van der Waals surface area contributed by atoms with Crippen LogP contribution in [-0.2, 0) is 0 Å². The molecule has 86 valence electrons. The highest BCUT2D eigenvalue weighted by molar-refractivity contribution is 5.86. The van der Waals surface area contributed by atoms with Crippen molar-refractivity contribution in [3.8, 4) is 11.5 Å². The second-order valence-corrected chi connectivity index (χ2v) is 4.33. The van der Waals surface area contributed by atoms with Gasteiger partial charge in [0, 0.05) is 18.8 Å². The molecule has 1 aliphatic carbocycles. The Morgan fingerprint density at radius 2 is 2.12 bits per heavy atom. The first-order valence-electron chi connectivity index (χ1n) is 5.67. The zero-order valence-corrected chi connectivity index (χ0v) is 9.48. The van der Waals surface area contributed by atoms with Gasteiger partial charge in [-0.25, -0.2) is 0 Å². The fraction of sp³-hybridized carbons (Fsp3) is 0.462. The summed E-state index contributed by atoms with van der Waals surface area (Å²) in [5.41, 5.74) is 2.15. The predicted octanol–water partition coefficient (Wildman–Crippen LogP) is 2.83. The van der Waals surface area contributed by atoms with Gasteiger partial charge < -0.3 is 10.2 Å². The molecule has 0 amide bonds. The van der Waals surface area contributed by atoms with Crippen LogP contribution >= 0.6 is 0 Å². The maximum atomic E-state index is 9.80. The highest BCUT2D eigenvalue weighted by Gasteiger charge is 2.21. The van der Waals surface area contributed by atoms with Crippen LogP contribution in [-0.4, -0.2) is 23.0 Å². The van der Waals surface area contributed by atoms with Gasteiger partial charge in [-0.15, -0.1) is 0 Å². The Hall–Kier alpha value is -1.51. The molecule has 1 saturated carbocycles. The molecular weight excluding hydrogens is 202 g/mol. The topological polar surface area (TPSA) is 52.8 Å². The molecule has 2 N–H and O–H groups in total. The van der Waals surface area contributed by atoms with E-state index >= 15 is 0 Å². The van der Waals surface area contributed by atoms with E-state index in [2.05, 4.69) is 4.99 Å². The Morgan fingerprint density at radius 3 is 2.81 bits per heavy atom. The van der Waals surface area contributed by atoms with Crippen LogP contribution in [0.4, 0.5) is 0 Å². The van der Waals surface area contributed by atoms with Crippen molar-refractivity contribution in [1.82, 2.24) is 0 Å². The quantitative estimate of drug-likeness (QED) is 0.763. The zero-order chi connectivity index (χ0) is 11.5. The molecule has 0 bridgehead atoms. The third-order valence-corrected chi connectivity index (χ3v) is 3.27. The van der Waals surface area contributed by atoms with E-state index in [1.54, 1.807) is 6.07 Å². The molecule has 0 saturated heterocycles. The van der Waals surface area contributed by atoms with Crippen molar-refractivity contribution in [3.05, 3.63) is 23.8 Å². The fourth-order valence-electron chi connectivity index (χ4n) is 2.39. The van der Waals surface area contributed by atoms with Crippen LogP contribution in [0.5, 0.6) is 11.5 Å². The average molecular weight is 219 g/mol. The molecule has 1 aliphatic rings. The summed E-state index contributed by atoms with van der Waals surface area (Å²) >= 11 is 0. The molecule has 0 aliphatic heterocycles. The summed E-state index contributed by atoms with van der Waals surface area (Å²) in [6.07, 6.45) is 4.20. The van der Waals surface area contributed by atoms with E-state index in [1.807, 2.05) is 13.1 Å². The van der Waals surface area contributed by atoms with Gasteiger partial charge in [0.25, 0.3) is 0 Å². The normalized spacial score (nSPS) is 23.6. The molecular formula is C13H17NO2. The second kappa shape index (κ2) is 4.56. The Kier molecular flexibility index (Phi) is 3.13. The number of phenolic OH excluding ortho intramolecular Hbond substituents is 2. The summed E-state index contributed by atoms with van der Waals surface area (Å²) in [5.74, 6) is 0.650. The molecule has 1 fully saturated rings. The van der Waals surface area contributed by atoms with Gasteiger partial charge >= 0.3 is 0 Å². The van der Waals surface area contributed by atoms with Gasteiger partial charge in [0.15, 0.2) is 0 Å². The van der Waals surface area contributed by atoms with Crippen molar-refractivity contribution in [2.45, 2.75) is 31.6 Å². The summed E-state index contributed by atoms with van der Waals surface area (Å²) < 4.78 is 0. The van der Waals surface area contributed by atoms with E-state index in [0.29, 0.717) is 5.92 Å². The second-order valence-electron chi connectivity index (χ2n) is 4.33. The lowest BCUT2D eigenvalue weighted by molar-refractivity contribution is 0.437. The number of hydrogen-bond acceptors (Lipinski definition) is 3. The van der Waals surface area contributed by atoms with Crippen LogP contribution in [0.2, 0.25) is 0 Å². The first-order chi connectivity index (χ1) is 7.70. The highest BCUT2D eigenvalue weighted by Crippen LogP contribution is 2.37. The van der Waals surface area contributed by atoms with E-state index < -0.39 is 0 Å². The molecule has 0 radical (unpaired) electrons. The number of nitrogens with zero attached hydrogens (tertiary/aromatic N) is 1. The van der Waals surface area contributed by atoms with Gasteiger partial charge in [-0.2, -0.15) is 0 Å². The lowest BCUT2D eigenvalue weighted by Crippen LogP contribution is -2.13. The maximum absolute atomic E-state index is 9.80. The van der Waals surface area contributed by atoms with E-state index in [-0.39, 0.29) is 11.5 Å². The Balaban J connectivity index is 2.23. The first kappa shape index (κ1) is 11.0. The molecule has 1 unspecified atom stereocenters. The molecule has 3 heteroatoms. The van der Waals surface area contributed by atoms with Gasteiger partial charge in [-0.3, -0.25) is 4.99 Å². The van der Waals surface area contributed by atoms with Gasteiger partial charge in [-0.1, -0.05) is 6.07 Å². The van der Waals surface area contributed by atoms with Crippen molar-refractivity contribution in [2.75, 3.05) is 7.05 Å². The van der Waals surface area contributed by atoms with Gasteiger partial charge in [0.05, 0.1) is 0 Å². The maximum Gasteiger partial charge on any atom is 0.122 e. The monoisotopic (exact) mass is 219 g/mol. The number of hydrogen-bond donors (Lipinski definition) is 2. The van der Waals surface area contributed by atoms with Crippen molar-refractivity contribution >= 4 is 5.71 Å². The molecule has 0 heterocycles. The summed E-state index contributed by atoms with van der Waals surface area (Å²) in [5, 5.41) is 19.1. The van der Waals surface area contributed by atoms with Gasteiger partial charge in [0.1, 0.15) is 11.5 Å². The van der Waals surface area contributed by atoms with E-state index in [9.17, 15) is 10.2 Å². The summed E-state index contributed by atoms with van der Waals surface area (Å²) in [7, 11) is 1.83. The van der Waals surface area contributed by atoms with E-state index in [4.69, 9.17) is 0 Å². The first-order valence-corrected chi connectivity index (χ1v) is 5.67. The van der Waals surface area contributed by atoms with E-state index in [0.717, 1.165) is 31.2 Å². The Bertz CT molecular complexity index is 412. The summed E-state index contributed by atoms with van der Waals surface area (Å²) in [6, 6.07) is 4.85. The zero-order valence-electron chi connectivity index (χ0n) is 9.48. The molecule has 1 aromatic carbocycles. The van der Waals surface area contributed by atoms with Crippen molar-refractivity contribution < 1.29 is 10.2 Å². The van der Waals surface area contributed by atoms with Crippen LogP contribution in [0.3, 0.4) is 0 Å². The predicted molar refractivity (Wildman–Crippen MR) is 64.3 cm³/mol.